The van der Waals surface area contributed by atoms with Crippen LogP contribution in [0.1, 0.15) is 12.8 Å². The molecule has 0 aromatic heterocycles. The van der Waals surface area contributed by atoms with E-state index < -0.39 is 40.7 Å². The van der Waals surface area contributed by atoms with Gasteiger partial charge in [0.2, 0.25) is 11.7 Å². The van der Waals surface area contributed by atoms with Crippen LogP contribution in [0.2, 0.25) is 0 Å². The lowest BCUT2D eigenvalue weighted by atomic mass is 10.0. The molecule has 0 bridgehead atoms. The number of carbonyl (C=O) groups excluding carboxylic acids is 1. The van der Waals surface area contributed by atoms with Crippen LogP contribution in [0, 0.1) is 35.0 Å². The second-order valence-electron chi connectivity index (χ2n) is 4.56. The largest absolute Gasteiger partial charge is 0.321 e. The molecule has 8 heteroatoms. The predicted molar refractivity (Wildman–Crippen MR) is 60.5 cm³/mol. The third-order valence-electron chi connectivity index (χ3n) is 3.11. The maximum atomic E-state index is 13.3. The number of anilines is 1. The average molecular weight is 294 g/mol. The van der Waals surface area contributed by atoms with E-state index in [2.05, 4.69) is 5.32 Å². The van der Waals surface area contributed by atoms with Crippen molar-refractivity contribution in [3.05, 3.63) is 29.1 Å². The molecule has 1 aromatic carbocycles. The molecule has 1 heterocycles. The lowest BCUT2D eigenvalue weighted by Crippen LogP contribution is -2.20. The lowest BCUT2D eigenvalue weighted by molar-refractivity contribution is -0.117. The molecule has 0 radical (unpaired) electrons. The minimum Gasteiger partial charge on any atom is -0.321 e. The first-order valence-electron chi connectivity index (χ1n) is 5.93. The summed E-state index contributed by atoms with van der Waals surface area (Å²) in [6.07, 6.45) is 0.664. The second kappa shape index (κ2) is 5.74. The Balaban J connectivity index is 2.18. The number of amides is 1. The van der Waals surface area contributed by atoms with Crippen LogP contribution in [0.3, 0.4) is 0 Å². The molecule has 20 heavy (non-hydrogen) atoms. The van der Waals surface area contributed by atoms with Gasteiger partial charge in [-0.1, -0.05) is 0 Å². The van der Waals surface area contributed by atoms with Gasteiger partial charge in [0.15, 0.2) is 23.3 Å². The Hall–Kier alpha value is -1.70. The molecule has 1 atom stereocenters. The fourth-order valence-electron chi connectivity index (χ4n) is 2.06. The molecule has 1 aromatic rings. The number of rotatable bonds is 3. The zero-order valence-corrected chi connectivity index (χ0v) is 10.2. The third-order valence-corrected chi connectivity index (χ3v) is 3.11. The van der Waals surface area contributed by atoms with Gasteiger partial charge < -0.3 is 10.6 Å². The number of hydrogen-bond donors (Lipinski definition) is 2. The highest BCUT2D eigenvalue weighted by atomic mass is 19.2. The molecule has 1 amide bonds. The van der Waals surface area contributed by atoms with Crippen molar-refractivity contribution in [2.75, 3.05) is 18.4 Å². The second-order valence-corrected chi connectivity index (χ2v) is 4.56. The van der Waals surface area contributed by atoms with E-state index in [9.17, 15) is 26.7 Å². The molecule has 3 nitrogen and oxygen atoms in total. The van der Waals surface area contributed by atoms with Crippen molar-refractivity contribution in [3.8, 4) is 0 Å². The van der Waals surface area contributed by atoms with Gasteiger partial charge in [-0.15, -0.1) is 0 Å². The number of nitrogens with one attached hydrogen (secondary N) is 2. The summed E-state index contributed by atoms with van der Waals surface area (Å²) in [5, 5.41) is 4.74. The van der Waals surface area contributed by atoms with Gasteiger partial charge in [0.25, 0.3) is 0 Å². The van der Waals surface area contributed by atoms with E-state index in [0.29, 0.717) is 13.0 Å². The minimum atomic E-state index is -2.25. The van der Waals surface area contributed by atoms with E-state index in [4.69, 9.17) is 0 Å². The highest BCUT2D eigenvalue weighted by Crippen LogP contribution is 2.27. The van der Waals surface area contributed by atoms with Crippen LogP contribution in [-0.4, -0.2) is 19.0 Å². The van der Waals surface area contributed by atoms with E-state index in [1.54, 1.807) is 5.32 Å². The summed E-state index contributed by atoms with van der Waals surface area (Å²) in [7, 11) is 0. The zero-order chi connectivity index (χ0) is 14.9. The minimum absolute atomic E-state index is 0.0173. The van der Waals surface area contributed by atoms with Gasteiger partial charge in [-0.05, 0) is 25.4 Å². The van der Waals surface area contributed by atoms with E-state index in [-0.39, 0.29) is 12.3 Å². The van der Waals surface area contributed by atoms with Crippen LogP contribution in [-0.2, 0) is 4.79 Å². The van der Waals surface area contributed by atoms with Crippen molar-refractivity contribution >= 4 is 11.6 Å². The lowest BCUT2D eigenvalue weighted by Gasteiger charge is -2.11. The van der Waals surface area contributed by atoms with E-state index in [1.165, 1.54) is 0 Å². The Labute approximate surface area is 111 Å². The van der Waals surface area contributed by atoms with Crippen molar-refractivity contribution in [1.29, 1.82) is 0 Å². The number of halogens is 5. The fraction of sp³-hybridized carbons (Fsp3) is 0.417. The van der Waals surface area contributed by atoms with Gasteiger partial charge in [0, 0.05) is 6.42 Å². The van der Waals surface area contributed by atoms with Crippen molar-refractivity contribution in [2.24, 2.45) is 5.92 Å². The number of carbonyl (C=O) groups is 1. The molecule has 1 aliphatic heterocycles. The van der Waals surface area contributed by atoms with Crippen LogP contribution in [0.15, 0.2) is 0 Å². The zero-order valence-electron chi connectivity index (χ0n) is 10.2. The van der Waals surface area contributed by atoms with Crippen LogP contribution >= 0.6 is 0 Å². The molecule has 0 aliphatic carbocycles. The molecule has 1 fully saturated rings. The quantitative estimate of drug-likeness (QED) is 0.510. The van der Waals surface area contributed by atoms with Crippen molar-refractivity contribution in [2.45, 2.75) is 12.8 Å². The highest BCUT2D eigenvalue weighted by Gasteiger charge is 2.27. The summed E-state index contributed by atoms with van der Waals surface area (Å²) < 4.78 is 65.3. The topological polar surface area (TPSA) is 41.1 Å². The van der Waals surface area contributed by atoms with Gasteiger partial charge in [-0.3, -0.25) is 4.79 Å². The van der Waals surface area contributed by atoms with Crippen LogP contribution < -0.4 is 10.6 Å². The molecule has 2 rings (SSSR count). The summed E-state index contributed by atoms with van der Waals surface area (Å²) >= 11 is 0. The van der Waals surface area contributed by atoms with Crippen molar-refractivity contribution < 1.29 is 26.7 Å². The van der Waals surface area contributed by atoms with E-state index in [1.807, 2.05) is 0 Å². The summed E-state index contributed by atoms with van der Waals surface area (Å²) in [6.45, 7) is 1.30. The Bertz CT molecular complexity index is 514. The first-order valence-corrected chi connectivity index (χ1v) is 5.93. The molecule has 110 valence electrons. The maximum Gasteiger partial charge on any atom is 0.224 e. The Morgan fingerprint density at radius 2 is 1.60 bits per heavy atom. The van der Waals surface area contributed by atoms with Crippen molar-refractivity contribution in [1.82, 2.24) is 5.32 Å². The van der Waals surface area contributed by atoms with Crippen LogP contribution in [0.5, 0.6) is 0 Å². The van der Waals surface area contributed by atoms with Gasteiger partial charge in [-0.2, -0.15) is 0 Å². The molecule has 1 aliphatic rings. The normalized spacial score (nSPS) is 18.4. The fourth-order valence-corrected chi connectivity index (χ4v) is 2.06. The molecule has 1 unspecified atom stereocenters. The van der Waals surface area contributed by atoms with Gasteiger partial charge in [0.1, 0.15) is 5.69 Å². The first-order chi connectivity index (χ1) is 9.41. The average Bonchev–Trinajstić information content (AvgIpc) is 2.92. The summed E-state index contributed by atoms with van der Waals surface area (Å²) in [4.78, 5) is 11.6. The third kappa shape index (κ3) is 2.74. The van der Waals surface area contributed by atoms with Crippen LogP contribution in [0.25, 0.3) is 0 Å². The maximum absolute atomic E-state index is 13.3. The van der Waals surface area contributed by atoms with E-state index >= 15 is 0 Å². The van der Waals surface area contributed by atoms with E-state index in [0.717, 1.165) is 6.54 Å². The smallest absolute Gasteiger partial charge is 0.224 e. The summed E-state index contributed by atoms with van der Waals surface area (Å²) in [6, 6.07) is 0. The first kappa shape index (κ1) is 14.7. The molecular formula is C12H11F5N2O. The Morgan fingerprint density at radius 1 is 1.05 bits per heavy atom. The Kier molecular flexibility index (Phi) is 4.22. The molecule has 1 saturated heterocycles. The molecule has 0 spiro atoms. The molecule has 2 N–H and O–H groups in total. The molecule has 0 saturated carbocycles. The standard InChI is InChI=1S/C12H11F5N2O/c13-7-8(14)10(16)12(11(17)9(7)15)19-6(20)3-5-1-2-18-4-5/h5,18H,1-4H2,(H,19,20). The Morgan fingerprint density at radius 3 is 2.10 bits per heavy atom. The number of benzene rings is 1. The SMILES string of the molecule is O=C(CC1CCNC1)Nc1c(F)c(F)c(F)c(F)c1F. The molecular weight excluding hydrogens is 283 g/mol. The summed E-state index contributed by atoms with van der Waals surface area (Å²) in [5.74, 6) is -11.3. The van der Waals surface area contributed by atoms with Gasteiger partial charge >= 0.3 is 0 Å². The highest BCUT2D eigenvalue weighted by molar-refractivity contribution is 5.91. The summed E-state index contributed by atoms with van der Waals surface area (Å²) in [5.41, 5.74) is -1.31. The van der Waals surface area contributed by atoms with Gasteiger partial charge in [0.05, 0.1) is 0 Å². The van der Waals surface area contributed by atoms with Crippen LogP contribution in [0.4, 0.5) is 27.6 Å². The monoisotopic (exact) mass is 294 g/mol. The van der Waals surface area contributed by atoms with Crippen molar-refractivity contribution in [3.63, 3.8) is 0 Å². The van der Waals surface area contributed by atoms with Gasteiger partial charge in [-0.25, -0.2) is 22.0 Å². The predicted octanol–water partition coefficient (Wildman–Crippen LogP) is 2.32. The number of hydrogen-bond acceptors (Lipinski definition) is 2.